The highest BCUT2D eigenvalue weighted by Crippen LogP contribution is 2.08. The van der Waals surface area contributed by atoms with Gasteiger partial charge in [-0.3, -0.25) is 0 Å². The highest BCUT2D eigenvalue weighted by atomic mass is 28.3. The maximum absolute atomic E-state index is 11.2. The number of aromatic amines is 1. The average molecular weight is 256 g/mol. The first-order valence-electron chi connectivity index (χ1n) is 5.62. The van der Waals surface area contributed by atoms with Gasteiger partial charge in [-0.15, -0.1) is 0 Å². The van der Waals surface area contributed by atoms with E-state index < -0.39 is 14.0 Å². The summed E-state index contributed by atoms with van der Waals surface area (Å²) in [5.41, 5.74) is 0.358. The first-order valence-corrected chi connectivity index (χ1v) is 9.33. The Morgan fingerprint density at radius 3 is 2.76 bits per heavy atom. The van der Waals surface area contributed by atoms with Crippen molar-refractivity contribution >= 4 is 14.0 Å². The topological polar surface area (TPSA) is 64.2 Å². The van der Waals surface area contributed by atoms with E-state index in [1.54, 1.807) is 0 Å². The van der Waals surface area contributed by atoms with Gasteiger partial charge in [0.15, 0.2) is 0 Å². The van der Waals surface area contributed by atoms with Crippen LogP contribution in [0.4, 0.5) is 0 Å². The van der Waals surface area contributed by atoms with Crippen molar-refractivity contribution in [3.05, 3.63) is 17.7 Å². The van der Waals surface area contributed by atoms with E-state index in [0.29, 0.717) is 18.1 Å². The minimum Gasteiger partial charge on any atom is -0.464 e. The monoisotopic (exact) mass is 256 g/mol. The zero-order chi connectivity index (χ0) is 12.9. The molecule has 0 atom stereocenters. The van der Waals surface area contributed by atoms with Gasteiger partial charge < -0.3 is 14.5 Å². The molecule has 0 fully saturated rings. The highest BCUT2D eigenvalue weighted by molar-refractivity contribution is 6.76. The number of aromatic nitrogens is 2. The lowest BCUT2D eigenvalue weighted by molar-refractivity contribution is 0.0594. The standard InChI is InChI=1S/C11H20N2O3Si/c1-15-11(14)9-7-12-10(13-9)8-16-5-6-17(2,3)4/h7H,5-6,8H2,1-4H3,(H,12,13). The lowest BCUT2D eigenvalue weighted by Gasteiger charge is -2.14. The number of nitrogens with zero attached hydrogens (tertiary/aromatic N) is 1. The van der Waals surface area contributed by atoms with Crippen molar-refractivity contribution in [2.45, 2.75) is 32.3 Å². The SMILES string of the molecule is COC(=O)c1cnc(COCC[Si](C)(C)C)[nH]1. The molecule has 1 rings (SSSR count). The summed E-state index contributed by atoms with van der Waals surface area (Å²) in [4.78, 5) is 18.1. The number of ether oxygens (including phenoxy) is 2. The van der Waals surface area contributed by atoms with Crippen molar-refractivity contribution in [1.29, 1.82) is 0 Å². The molecule has 0 aliphatic rings. The summed E-state index contributed by atoms with van der Waals surface area (Å²) in [6.07, 6.45) is 1.46. The lowest BCUT2D eigenvalue weighted by Crippen LogP contribution is -2.21. The van der Waals surface area contributed by atoms with Crippen molar-refractivity contribution in [3.8, 4) is 0 Å². The molecule has 0 unspecified atom stereocenters. The molecule has 0 radical (unpaired) electrons. The predicted octanol–water partition coefficient (Wildman–Crippen LogP) is 2.05. The van der Waals surface area contributed by atoms with Gasteiger partial charge in [0.25, 0.3) is 0 Å². The molecule has 96 valence electrons. The van der Waals surface area contributed by atoms with Crippen molar-refractivity contribution in [3.63, 3.8) is 0 Å². The third-order valence-electron chi connectivity index (χ3n) is 2.27. The van der Waals surface area contributed by atoms with Crippen molar-refractivity contribution in [2.75, 3.05) is 13.7 Å². The summed E-state index contributed by atoms with van der Waals surface area (Å²) in [6.45, 7) is 8.06. The summed E-state index contributed by atoms with van der Waals surface area (Å²) >= 11 is 0. The second kappa shape index (κ2) is 5.97. The van der Waals surface area contributed by atoms with Crippen molar-refractivity contribution in [1.82, 2.24) is 9.97 Å². The van der Waals surface area contributed by atoms with E-state index in [0.717, 1.165) is 12.7 Å². The Balaban J connectivity index is 2.33. The molecule has 0 saturated heterocycles. The highest BCUT2D eigenvalue weighted by Gasteiger charge is 2.13. The second-order valence-electron chi connectivity index (χ2n) is 5.10. The molecule has 0 saturated carbocycles. The van der Waals surface area contributed by atoms with Crippen LogP contribution in [0.2, 0.25) is 25.7 Å². The van der Waals surface area contributed by atoms with Gasteiger partial charge in [-0.1, -0.05) is 19.6 Å². The number of carbonyl (C=O) groups excluding carboxylic acids is 1. The average Bonchev–Trinajstić information content (AvgIpc) is 2.70. The molecule has 1 N–H and O–H groups in total. The van der Waals surface area contributed by atoms with E-state index in [-0.39, 0.29) is 0 Å². The van der Waals surface area contributed by atoms with Crippen LogP contribution >= 0.6 is 0 Å². The number of hydrogen-bond donors (Lipinski definition) is 1. The molecule has 0 aromatic carbocycles. The maximum atomic E-state index is 11.2. The normalized spacial score (nSPS) is 11.5. The van der Waals surface area contributed by atoms with Gasteiger partial charge in [0.05, 0.1) is 13.3 Å². The summed E-state index contributed by atoms with van der Waals surface area (Å²) < 4.78 is 10.1. The minimum atomic E-state index is -1.04. The van der Waals surface area contributed by atoms with Crippen LogP contribution in [0.15, 0.2) is 6.20 Å². The van der Waals surface area contributed by atoms with Gasteiger partial charge >= 0.3 is 5.97 Å². The van der Waals surface area contributed by atoms with Gasteiger partial charge in [-0.25, -0.2) is 9.78 Å². The van der Waals surface area contributed by atoms with Crippen LogP contribution in [0.3, 0.4) is 0 Å². The molecule has 6 heteroatoms. The third-order valence-corrected chi connectivity index (χ3v) is 3.97. The van der Waals surface area contributed by atoms with Gasteiger partial charge in [0.1, 0.15) is 18.1 Å². The molecule has 0 aliphatic heterocycles. The van der Waals surface area contributed by atoms with Crippen LogP contribution in [0.1, 0.15) is 16.3 Å². The zero-order valence-electron chi connectivity index (χ0n) is 10.9. The van der Waals surface area contributed by atoms with E-state index in [1.807, 2.05) is 0 Å². The molecule has 5 nitrogen and oxygen atoms in total. The zero-order valence-corrected chi connectivity index (χ0v) is 11.9. The predicted molar refractivity (Wildman–Crippen MR) is 67.7 cm³/mol. The van der Waals surface area contributed by atoms with Crippen LogP contribution in [-0.2, 0) is 16.1 Å². The number of esters is 1. The fourth-order valence-electron chi connectivity index (χ4n) is 1.20. The lowest BCUT2D eigenvalue weighted by atomic mass is 10.5. The molecular formula is C11H20N2O3Si. The molecule has 1 aromatic rings. The van der Waals surface area contributed by atoms with E-state index in [4.69, 9.17) is 4.74 Å². The van der Waals surface area contributed by atoms with Crippen LogP contribution in [-0.4, -0.2) is 37.7 Å². The van der Waals surface area contributed by atoms with E-state index in [2.05, 4.69) is 34.3 Å². The Morgan fingerprint density at radius 1 is 1.47 bits per heavy atom. The molecule has 0 bridgehead atoms. The van der Waals surface area contributed by atoms with Crippen LogP contribution in [0, 0.1) is 0 Å². The molecule has 0 amide bonds. The molecule has 0 aliphatic carbocycles. The van der Waals surface area contributed by atoms with Crippen LogP contribution in [0.25, 0.3) is 0 Å². The fourth-order valence-corrected chi connectivity index (χ4v) is 1.95. The summed E-state index contributed by atoms with van der Waals surface area (Å²) in [5, 5.41) is 0. The summed E-state index contributed by atoms with van der Waals surface area (Å²) in [6, 6.07) is 1.12. The van der Waals surface area contributed by atoms with Crippen molar-refractivity contribution < 1.29 is 14.3 Å². The van der Waals surface area contributed by atoms with Gasteiger partial charge in [0.2, 0.25) is 0 Å². The third kappa shape index (κ3) is 5.14. The number of rotatable bonds is 6. The van der Waals surface area contributed by atoms with E-state index in [9.17, 15) is 4.79 Å². The number of imidazole rings is 1. The Morgan fingerprint density at radius 2 is 2.18 bits per heavy atom. The fraction of sp³-hybridized carbons (Fsp3) is 0.636. The maximum Gasteiger partial charge on any atom is 0.356 e. The summed E-state index contributed by atoms with van der Waals surface area (Å²) in [5.74, 6) is 0.242. The Bertz CT molecular complexity index is 371. The summed E-state index contributed by atoms with van der Waals surface area (Å²) in [7, 11) is 0.297. The Hall–Kier alpha value is -1.14. The molecule has 1 heterocycles. The molecule has 1 aromatic heterocycles. The number of hydrogen-bond acceptors (Lipinski definition) is 4. The quantitative estimate of drug-likeness (QED) is 0.480. The van der Waals surface area contributed by atoms with Crippen LogP contribution in [0.5, 0.6) is 0 Å². The van der Waals surface area contributed by atoms with E-state index in [1.165, 1.54) is 13.3 Å². The van der Waals surface area contributed by atoms with E-state index >= 15 is 0 Å². The number of H-pyrrole nitrogens is 1. The number of nitrogens with one attached hydrogen (secondary N) is 1. The molecule has 0 spiro atoms. The minimum absolute atomic E-state index is 0.358. The molecule has 17 heavy (non-hydrogen) atoms. The largest absolute Gasteiger partial charge is 0.464 e. The first-order chi connectivity index (χ1) is 7.92. The number of carbonyl (C=O) groups is 1. The van der Waals surface area contributed by atoms with Crippen molar-refractivity contribution in [2.24, 2.45) is 0 Å². The first kappa shape index (κ1) is 13.9. The second-order valence-corrected chi connectivity index (χ2v) is 10.7. The number of methoxy groups -OCH3 is 1. The van der Waals surface area contributed by atoms with Gasteiger partial charge in [0, 0.05) is 14.7 Å². The van der Waals surface area contributed by atoms with Crippen LogP contribution < -0.4 is 0 Å². The van der Waals surface area contributed by atoms with Gasteiger partial charge in [-0.2, -0.15) is 0 Å². The Labute approximate surface area is 103 Å². The Kier molecular flexibility index (Phi) is 4.89. The van der Waals surface area contributed by atoms with Gasteiger partial charge in [-0.05, 0) is 6.04 Å². The molecular weight excluding hydrogens is 236 g/mol. The smallest absolute Gasteiger partial charge is 0.356 e.